The smallest absolute Gasteiger partial charge is 0.277 e. The maximum atomic E-state index is 11.9. The van der Waals surface area contributed by atoms with Gasteiger partial charge in [0.25, 0.3) is 5.91 Å². The highest BCUT2D eigenvalue weighted by atomic mass is 32.2. The normalized spacial score (nSPS) is 10.6. The number of nitrogens with one attached hydrogen (secondary N) is 1. The van der Waals surface area contributed by atoms with Gasteiger partial charge in [-0.05, 0) is 23.7 Å². The molecule has 1 heterocycles. The number of hydrogen-bond donors (Lipinski definition) is 1. The molecule has 18 heavy (non-hydrogen) atoms. The summed E-state index contributed by atoms with van der Waals surface area (Å²) in [6.07, 6.45) is 0. The predicted molar refractivity (Wildman–Crippen MR) is 75.3 cm³/mol. The standard InChI is InChI=1S/C12H13N3OS2/c1-8(2)18-11-6-4-3-5-9(11)13-12(16)10-7-17-15-14-10/h3-8H,1-2H3,(H,13,16). The van der Waals surface area contributed by atoms with Gasteiger partial charge in [-0.2, -0.15) is 0 Å². The molecule has 2 rings (SSSR count). The minimum absolute atomic E-state index is 0.222. The van der Waals surface area contributed by atoms with E-state index in [2.05, 4.69) is 28.8 Å². The number of amides is 1. The summed E-state index contributed by atoms with van der Waals surface area (Å²) in [4.78, 5) is 13.0. The van der Waals surface area contributed by atoms with Crippen LogP contribution in [-0.2, 0) is 0 Å². The fraction of sp³-hybridized carbons (Fsp3) is 0.250. The van der Waals surface area contributed by atoms with Crippen LogP contribution in [0.5, 0.6) is 0 Å². The summed E-state index contributed by atoms with van der Waals surface area (Å²) in [5.74, 6) is -0.222. The number of hydrogen-bond acceptors (Lipinski definition) is 5. The van der Waals surface area contributed by atoms with Gasteiger partial charge in [0, 0.05) is 15.5 Å². The zero-order valence-electron chi connectivity index (χ0n) is 10.1. The van der Waals surface area contributed by atoms with Crippen molar-refractivity contribution in [2.45, 2.75) is 24.0 Å². The van der Waals surface area contributed by atoms with Gasteiger partial charge in [0.1, 0.15) is 0 Å². The third-order valence-electron chi connectivity index (χ3n) is 2.09. The monoisotopic (exact) mass is 279 g/mol. The van der Waals surface area contributed by atoms with E-state index in [1.54, 1.807) is 17.1 Å². The molecular formula is C12H13N3OS2. The van der Waals surface area contributed by atoms with Crippen molar-refractivity contribution >= 4 is 34.9 Å². The first kappa shape index (κ1) is 13.0. The zero-order valence-corrected chi connectivity index (χ0v) is 11.7. The molecule has 0 fully saturated rings. The molecule has 0 saturated heterocycles. The highest BCUT2D eigenvalue weighted by molar-refractivity contribution is 8.00. The lowest BCUT2D eigenvalue weighted by molar-refractivity contribution is 0.102. The minimum Gasteiger partial charge on any atom is -0.320 e. The maximum absolute atomic E-state index is 11.9. The zero-order chi connectivity index (χ0) is 13.0. The summed E-state index contributed by atoms with van der Waals surface area (Å²) in [6.45, 7) is 4.24. The highest BCUT2D eigenvalue weighted by Gasteiger charge is 2.12. The minimum atomic E-state index is -0.222. The number of para-hydroxylation sites is 1. The second-order valence-electron chi connectivity index (χ2n) is 3.91. The van der Waals surface area contributed by atoms with Crippen LogP contribution in [-0.4, -0.2) is 20.7 Å². The molecule has 0 aliphatic rings. The number of thioether (sulfide) groups is 1. The molecule has 0 radical (unpaired) electrons. The van der Waals surface area contributed by atoms with E-state index in [9.17, 15) is 4.79 Å². The molecule has 2 aromatic rings. The van der Waals surface area contributed by atoms with Gasteiger partial charge in [-0.15, -0.1) is 16.9 Å². The Morgan fingerprint density at radius 3 is 2.83 bits per heavy atom. The molecule has 4 nitrogen and oxygen atoms in total. The Hall–Kier alpha value is -1.40. The molecule has 0 spiro atoms. The van der Waals surface area contributed by atoms with Crippen LogP contribution in [0.25, 0.3) is 0 Å². The summed E-state index contributed by atoms with van der Waals surface area (Å²) in [6, 6.07) is 7.76. The lowest BCUT2D eigenvalue weighted by Crippen LogP contribution is -2.13. The van der Waals surface area contributed by atoms with Crippen LogP contribution in [0.1, 0.15) is 24.3 Å². The molecule has 0 saturated carbocycles. The Labute approximate surface area is 114 Å². The van der Waals surface area contributed by atoms with Crippen LogP contribution >= 0.6 is 23.3 Å². The van der Waals surface area contributed by atoms with E-state index in [0.29, 0.717) is 10.9 Å². The summed E-state index contributed by atoms with van der Waals surface area (Å²) >= 11 is 2.88. The predicted octanol–water partition coefficient (Wildman–Crippen LogP) is 3.29. The van der Waals surface area contributed by atoms with E-state index in [1.165, 1.54) is 11.5 Å². The molecular weight excluding hydrogens is 266 g/mol. The van der Waals surface area contributed by atoms with Gasteiger partial charge in [-0.3, -0.25) is 4.79 Å². The molecule has 0 aliphatic heterocycles. The number of aromatic nitrogens is 2. The Bertz CT molecular complexity index is 526. The van der Waals surface area contributed by atoms with Gasteiger partial charge in [-0.25, -0.2) is 0 Å². The van der Waals surface area contributed by atoms with Crippen LogP contribution in [0.4, 0.5) is 5.69 Å². The first-order chi connectivity index (χ1) is 8.66. The van der Waals surface area contributed by atoms with E-state index in [0.717, 1.165) is 10.6 Å². The number of benzene rings is 1. The van der Waals surface area contributed by atoms with E-state index in [1.807, 2.05) is 24.3 Å². The number of anilines is 1. The quantitative estimate of drug-likeness (QED) is 0.873. The number of rotatable bonds is 4. The van der Waals surface area contributed by atoms with Crippen molar-refractivity contribution < 1.29 is 4.79 Å². The summed E-state index contributed by atoms with van der Waals surface area (Å²) in [5.41, 5.74) is 1.17. The second-order valence-corrected chi connectivity index (χ2v) is 6.14. The van der Waals surface area contributed by atoms with Crippen molar-refractivity contribution in [2.75, 3.05) is 5.32 Å². The van der Waals surface area contributed by atoms with Crippen molar-refractivity contribution in [3.05, 3.63) is 35.3 Å². The van der Waals surface area contributed by atoms with E-state index < -0.39 is 0 Å². The van der Waals surface area contributed by atoms with Gasteiger partial charge in [-0.1, -0.05) is 30.5 Å². The molecule has 1 amide bonds. The Morgan fingerprint density at radius 1 is 1.39 bits per heavy atom. The molecule has 0 aliphatic carbocycles. The Balaban J connectivity index is 2.16. The highest BCUT2D eigenvalue weighted by Crippen LogP contribution is 2.30. The third kappa shape index (κ3) is 3.30. The van der Waals surface area contributed by atoms with E-state index in [4.69, 9.17) is 0 Å². The molecule has 6 heteroatoms. The summed E-state index contributed by atoms with van der Waals surface area (Å²) in [7, 11) is 0. The first-order valence-electron chi connectivity index (χ1n) is 5.51. The van der Waals surface area contributed by atoms with Crippen LogP contribution in [0, 0.1) is 0 Å². The molecule has 0 bridgehead atoms. The third-order valence-corrected chi connectivity index (χ3v) is 3.68. The second kappa shape index (κ2) is 5.97. The Kier molecular flexibility index (Phi) is 4.33. The van der Waals surface area contributed by atoms with Crippen molar-refractivity contribution in [3.8, 4) is 0 Å². The summed E-state index contributed by atoms with van der Waals surface area (Å²) < 4.78 is 3.68. The van der Waals surface area contributed by atoms with Crippen molar-refractivity contribution in [1.29, 1.82) is 0 Å². The molecule has 94 valence electrons. The van der Waals surface area contributed by atoms with Crippen LogP contribution < -0.4 is 5.32 Å². The SMILES string of the molecule is CC(C)Sc1ccccc1NC(=O)c1csnn1. The molecule has 1 aromatic carbocycles. The van der Waals surface area contributed by atoms with Gasteiger partial charge >= 0.3 is 0 Å². The average Bonchev–Trinajstić information content (AvgIpc) is 2.84. The average molecular weight is 279 g/mol. The number of carbonyl (C=O) groups is 1. The van der Waals surface area contributed by atoms with Gasteiger partial charge in [0.05, 0.1) is 5.69 Å². The van der Waals surface area contributed by atoms with Gasteiger partial charge < -0.3 is 5.32 Å². The van der Waals surface area contributed by atoms with Gasteiger partial charge in [0.2, 0.25) is 0 Å². The first-order valence-corrected chi connectivity index (χ1v) is 7.22. The number of carbonyl (C=O) groups excluding carboxylic acids is 1. The van der Waals surface area contributed by atoms with Crippen molar-refractivity contribution in [3.63, 3.8) is 0 Å². The Morgan fingerprint density at radius 2 is 2.17 bits per heavy atom. The molecule has 0 atom stereocenters. The maximum Gasteiger partial charge on any atom is 0.277 e. The van der Waals surface area contributed by atoms with Gasteiger partial charge in [0.15, 0.2) is 5.69 Å². The van der Waals surface area contributed by atoms with Crippen LogP contribution in [0.2, 0.25) is 0 Å². The van der Waals surface area contributed by atoms with E-state index in [-0.39, 0.29) is 5.91 Å². The van der Waals surface area contributed by atoms with E-state index >= 15 is 0 Å². The topological polar surface area (TPSA) is 54.9 Å². The fourth-order valence-electron chi connectivity index (χ4n) is 1.38. The molecule has 1 aromatic heterocycles. The lowest BCUT2D eigenvalue weighted by Gasteiger charge is -2.11. The van der Waals surface area contributed by atoms with Crippen LogP contribution in [0.15, 0.2) is 34.5 Å². The molecule has 0 unspecified atom stereocenters. The fourth-order valence-corrected chi connectivity index (χ4v) is 2.72. The summed E-state index contributed by atoms with van der Waals surface area (Å²) in [5, 5.41) is 8.71. The largest absolute Gasteiger partial charge is 0.320 e. The molecule has 1 N–H and O–H groups in total. The van der Waals surface area contributed by atoms with Crippen molar-refractivity contribution in [1.82, 2.24) is 9.59 Å². The number of nitrogens with zero attached hydrogens (tertiary/aromatic N) is 2. The van der Waals surface area contributed by atoms with Crippen molar-refractivity contribution in [2.24, 2.45) is 0 Å². The lowest BCUT2D eigenvalue weighted by atomic mass is 10.3. The van der Waals surface area contributed by atoms with Crippen LogP contribution in [0.3, 0.4) is 0 Å².